The molecule has 2 aromatic rings. The Kier molecular flexibility index (Phi) is 6.30. The van der Waals surface area contributed by atoms with E-state index < -0.39 is 0 Å². The van der Waals surface area contributed by atoms with Crippen molar-refractivity contribution in [3.63, 3.8) is 0 Å². The van der Waals surface area contributed by atoms with Gasteiger partial charge < -0.3 is 15.0 Å². The SMILES string of the molecule is COC(=O)/C=C/c1ccc2c(c1)CCC2NCCc1ccc(N(C)C)cc1. The van der Waals surface area contributed by atoms with Crippen molar-refractivity contribution in [3.8, 4) is 0 Å². The molecule has 142 valence electrons. The van der Waals surface area contributed by atoms with E-state index in [1.807, 2.05) is 6.08 Å². The molecule has 0 spiro atoms. The van der Waals surface area contributed by atoms with Gasteiger partial charge in [-0.05, 0) is 66.3 Å². The van der Waals surface area contributed by atoms with E-state index in [9.17, 15) is 4.79 Å². The molecule has 0 bridgehead atoms. The third kappa shape index (κ3) is 4.98. The number of carbonyl (C=O) groups is 1. The molecular formula is C23H28N2O2. The maximum atomic E-state index is 11.2. The zero-order chi connectivity index (χ0) is 19.2. The molecule has 1 aliphatic carbocycles. The number of nitrogens with one attached hydrogen (secondary N) is 1. The molecule has 0 heterocycles. The lowest BCUT2D eigenvalue weighted by Crippen LogP contribution is -2.21. The van der Waals surface area contributed by atoms with E-state index in [4.69, 9.17) is 0 Å². The summed E-state index contributed by atoms with van der Waals surface area (Å²) in [4.78, 5) is 13.4. The summed E-state index contributed by atoms with van der Waals surface area (Å²) in [7, 11) is 5.51. The number of nitrogens with zero attached hydrogens (tertiary/aromatic N) is 1. The van der Waals surface area contributed by atoms with Crippen molar-refractivity contribution in [2.24, 2.45) is 0 Å². The van der Waals surface area contributed by atoms with E-state index in [-0.39, 0.29) is 5.97 Å². The lowest BCUT2D eigenvalue weighted by Gasteiger charge is -2.15. The maximum absolute atomic E-state index is 11.2. The highest BCUT2D eigenvalue weighted by Crippen LogP contribution is 2.32. The smallest absolute Gasteiger partial charge is 0.330 e. The molecule has 4 nitrogen and oxygen atoms in total. The molecule has 0 radical (unpaired) electrons. The standard InChI is InChI=1S/C23H28N2O2/c1-25(2)20-9-4-17(5-10-20)14-15-24-22-12-8-19-16-18(6-11-21(19)22)7-13-23(26)27-3/h4-7,9-11,13,16,22,24H,8,12,14-15H2,1-3H3/b13-7+. The Morgan fingerprint density at radius 3 is 2.70 bits per heavy atom. The van der Waals surface area contributed by atoms with E-state index in [1.54, 1.807) is 0 Å². The van der Waals surface area contributed by atoms with Crippen LogP contribution in [0.2, 0.25) is 0 Å². The average Bonchev–Trinajstić information content (AvgIpc) is 3.08. The largest absolute Gasteiger partial charge is 0.466 e. The minimum Gasteiger partial charge on any atom is -0.466 e. The Balaban J connectivity index is 1.55. The van der Waals surface area contributed by atoms with Gasteiger partial charge in [-0.2, -0.15) is 0 Å². The molecule has 0 saturated heterocycles. The summed E-state index contributed by atoms with van der Waals surface area (Å²) in [6, 6.07) is 15.6. The minimum absolute atomic E-state index is 0.325. The van der Waals surface area contributed by atoms with Crippen LogP contribution in [0, 0.1) is 0 Å². The van der Waals surface area contributed by atoms with Crippen LogP contribution in [-0.2, 0) is 22.4 Å². The molecule has 1 aliphatic rings. The second kappa shape index (κ2) is 8.87. The first-order chi connectivity index (χ1) is 13.1. The topological polar surface area (TPSA) is 41.6 Å². The first-order valence-electron chi connectivity index (χ1n) is 9.45. The Hall–Kier alpha value is -2.59. The maximum Gasteiger partial charge on any atom is 0.330 e. The molecule has 1 unspecified atom stereocenters. The average molecular weight is 364 g/mol. The quantitative estimate of drug-likeness (QED) is 0.600. The molecule has 1 N–H and O–H groups in total. The van der Waals surface area contributed by atoms with Gasteiger partial charge in [-0.3, -0.25) is 0 Å². The van der Waals surface area contributed by atoms with E-state index in [0.29, 0.717) is 6.04 Å². The molecule has 27 heavy (non-hydrogen) atoms. The van der Waals surface area contributed by atoms with Gasteiger partial charge in [-0.1, -0.05) is 30.3 Å². The summed E-state index contributed by atoms with van der Waals surface area (Å²) >= 11 is 0. The second-order valence-electron chi connectivity index (χ2n) is 7.17. The molecular weight excluding hydrogens is 336 g/mol. The molecule has 0 aliphatic heterocycles. The first kappa shape index (κ1) is 19.2. The van der Waals surface area contributed by atoms with Gasteiger partial charge in [0.1, 0.15) is 0 Å². The van der Waals surface area contributed by atoms with Gasteiger partial charge in [0.15, 0.2) is 0 Å². The predicted octanol–water partition coefficient (Wildman–Crippen LogP) is 3.76. The summed E-state index contributed by atoms with van der Waals surface area (Å²) in [6.45, 7) is 0.968. The van der Waals surface area contributed by atoms with Crippen molar-refractivity contribution in [1.29, 1.82) is 0 Å². The Morgan fingerprint density at radius 2 is 2.00 bits per heavy atom. The molecule has 0 aromatic heterocycles. The number of hydrogen-bond acceptors (Lipinski definition) is 4. The molecule has 0 amide bonds. The van der Waals surface area contributed by atoms with Crippen molar-refractivity contribution in [2.45, 2.75) is 25.3 Å². The normalized spacial score (nSPS) is 15.7. The molecule has 0 saturated carbocycles. The van der Waals surface area contributed by atoms with Gasteiger partial charge in [0.2, 0.25) is 0 Å². The first-order valence-corrected chi connectivity index (χ1v) is 9.45. The molecule has 0 fully saturated rings. The number of anilines is 1. The second-order valence-corrected chi connectivity index (χ2v) is 7.17. The number of ether oxygens (including phenoxy) is 1. The van der Waals surface area contributed by atoms with Crippen LogP contribution in [0.4, 0.5) is 5.69 Å². The monoisotopic (exact) mass is 364 g/mol. The van der Waals surface area contributed by atoms with Crippen LogP contribution in [0.1, 0.15) is 34.7 Å². The minimum atomic E-state index is -0.325. The molecule has 3 rings (SSSR count). The fourth-order valence-corrected chi connectivity index (χ4v) is 3.54. The highest BCUT2D eigenvalue weighted by atomic mass is 16.5. The number of carbonyl (C=O) groups excluding carboxylic acids is 1. The number of rotatable bonds is 7. The van der Waals surface area contributed by atoms with Crippen LogP contribution in [0.25, 0.3) is 6.08 Å². The Morgan fingerprint density at radius 1 is 1.22 bits per heavy atom. The van der Waals surface area contributed by atoms with Crippen LogP contribution in [0.15, 0.2) is 48.5 Å². The lowest BCUT2D eigenvalue weighted by molar-refractivity contribution is -0.134. The van der Waals surface area contributed by atoms with Crippen molar-refractivity contribution in [1.82, 2.24) is 5.32 Å². The zero-order valence-electron chi connectivity index (χ0n) is 16.4. The van der Waals surface area contributed by atoms with E-state index in [0.717, 1.165) is 31.4 Å². The van der Waals surface area contributed by atoms with Crippen LogP contribution in [0.5, 0.6) is 0 Å². The van der Waals surface area contributed by atoms with Gasteiger partial charge in [0.25, 0.3) is 0 Å². The fourth-order valence-electron chi connectivity index (χ4n) is 3.54. The summed E-state index contributed by atoms with van der Waals surface area (Å²) in [6.07, 6.45) is 6.50. The zero-order valence-corrected chi connectivity index (χ0v) is 16.4. The molecule has 1 atom stereocenters. The summed E-state index contributed by atoms with van der Waals surface area (Å²) < 4.78 is 4.64. The molecule has 2 aromatic carbocycles. The number of fused-ring (bicyclic) bond motifs is 1. The van der Waals surface area contributed by atoms with Crippen molar-refractivity contribution in [3.05, 3.63) is 70.8 Å². The highest BCUT2D eigenvalue weighted by molar-refractivity contribution is 5.86. The van der Waals surface area contributed by atoms with Gasteiger partial charge in [-0.25, -0.2) is 4.79 Å². The highest BCUT2D eigenvalue weighted by Gasteiger charge is 2.21. The number of benzene rings is 2. The Labute approximate surface area is 161 Å². The Bertz CT molecular complexity index is 810. The molecule has 4 heteroatoms. The van der Waals surface area contributed by atoms with Crippen molar-refractivity contribution < 1.29 is 9.53 Å². The number of methoxy groups -OCH3 is 1. The summed E-state index contributed by atoms with van der Waals surface area (Å²) in [5, 5.41) is 3.70. The van der Waals surface area contributed by atoms with Gasteiger partial charge >= 0.3 is 5.97 Å². The number of esters is 1. The number of hydrogen-bond donors (Lipinski definition) is 1. The van der Waals surface area contributed by atoms with Gasteiger partial charge in [0.05, 0.1) is 7.11 Å². The predicted molar refractivity (Wildman–Crippen MR) is 111 cm³/mol. The van der Waals surface area contributed by atoms with Gasteiger partial charge in [0, 0.05) is 31.9 Å². The van der Waals surface area contributed by atoms with Crippen molar-refractivity contribution in [2.75, 3.05) is 32.6 Å². The van der Waals surface area contributed by atoms with Crippen LogP contribution in [0.3, 0.4) is 0 Å². The van der Waals surface area contributed by atoms with E-state index in [1.165, 1.54) is 35.6 Å². The van der Waals surface area contributed by atoms with E-state index >= 15 is 0 Å². The summed E-state index contributed by atoms with van der Waals surface area (Å²) in [5.74, 6) is -0.325. The van der Waals surface area contributed by atoms with Crippen LogP contribution < -0.4 is 10.2 Å². The van der Waals surface area contributed by atoms with E-state index in [2.05, 4.69) is 71.5 Å². The fraction of sp³-hybridized carbons (Fsp3) is 0.348. The van der Waals surface area contributed by atoms with Gasteiger partial charge in [-0.15, -0.1) is 0 Å². The lowest BCUT2D eigenvalue weighted by atomic mass is 10.0. The van der Waals surface area contributed by atoms with Crippen LogP contribution >= 0.6 is 0 Å². The number of aryl methyl sites for hydroxylation is 1. The summed E-state index contributed by atoms with van der Waals surface area (Å²) in [5.41, 5.74) is 6.38. The van der Waals surface area contributed by atoms with Crippen LogP contribution in [-0.4, -0.2) is 33.7 Å². The third-order valence-electron chi connectivity index (χ3n) is 5.11. The van der Waals surface area contributed by atoms with Crippen molar-refractivity contribution >= 4 is 17.7 Å². The third-order valence-corrected chi connectivity index (χ3v) is 5.11.